The molecule has 0 aliphatic carbocycles. The second-order valence-corrected chi connectivity index (χ2v) is 3.84. The third-order valence-corrected chi connectivity index (χ3v) is 2.84. The zero-order valence-corrected chi connectivity index (χ0v) is 9.39. The molecular formula is C11H16N4O. The number of carbonyl (C=O) groups excluding carboxylic acids is 1. The average molecular weight is 220 g/mol. The molecule has 1 aromatic rings. The van der Waals surface area contributed by atoms with Crippen LogP contribution in [0.1, 0.15) is 6.92 Å². The maximum Gasteiger partial charge on any atom is 0.242 e. The van der Waals surface area contributed by atoms with Crippen LogP contribution in [0.15, 0.2) is 18.3 Å². The molecule has 0 aromatic carbocycles. The standard InChI is InChI=1S/C11H16N4O/c1-2-14-5-6-15(8-11(14)16)9-3-4-10(12)13-7-9/h3-4,7H,2,5-6,8H2,1H3,(H2,12,13). The molecule has 5 heteroatoms. The Bertz CT molecular complexity index is 376. The van der Waals surface area contributed by atoms with Crippen molar-refractivity contribution in [3.05, 3.63) is 18.3 Å². The third-order valence-electron chi connectivity index (χ3n) is 2.84. The van der Waals surface area contributed by atoms with E-state index >= 15 is 0 Å². The molecule has 1 saturated heterocycles. The van der Waals surface area contributed by atoms with Gasteiger partial charge in [0.05, 0.1) is 18.4 Å². The van der Waals surface area contributed by atoms with Gasteiger partial charge in [-0.25, -0.2) is 4.98 Å². The Kier molecular flexibility index (Phi) is 2.94. The number of anilines is 2. The molecule has 0 bridgehead atoms. The van der Waals surface area contributed by atoms with Crippen LogP contribution in [0.3, 0.4) is 0 Å². The summed E-state index contributed by atoms with van der Waals surface area (Å²) in [5.74, 6) is 0.674. The fraction of sp³-hybridized carbons (Fsp3) is 0.455. The Morgan fingerprint density at radius 1 is 1.44 bits per heavy atom. The number of nitrogens with zero attached hydrogens (tertiary/aromatic N) is 3. The lowest BCUT2D eigenvalue weighted by Gasteiger charge is -2.34. The summed E-state index contributed by atoms with van der Waals surface area (Å²) >= 11 is 0. The molecule has 1 fully saturated rings. The highest BCUT2D eigenvalue weighted by Crippen LogP contribution is 2.16. The first-order valence-corrected chi connectivity index (χ1v) is 5.45. The number of nitrogen functional groups attached to an aromatic ring is 1. The van der Waals surface area contributed by atoms with E-state index in [-0.39, 0.29) is 5.91 Å². The highest BCUT2D eigenvalue weighted by atomic mass is 16.2. The summed E-state index contributed by atoms with van der Waals surface area (Å²) in [6.45, 7) is 4.84. The normalized spacial score (nSPS) is 16.7. The number of aromatic nitrogens is 1. The minimum atomic E-state index is 0.172. The van der Waals surface area contributed by atoms with E-state index in [9.17, 15) is 4.79 Å². The van der Waals surface area contributed by atoms with Crippen molar-refractivity contribution in [3.8, 4) is 0 Å². The summed E-state index contributed by atoms with van der Waals surface area (Å²) in [6.07, 6.45) is 1.71. The van der Waals surface area contributed by atoms with Crippen molar-refractivity contribution >= 4 is 17.4 Å². The number of rotatable bonds is 2. The van der Waals surface area contributed by atoms with Crippen molar-refractivity contribution in [2.24, 2.45) is 0 Å². The second-order valence-electron chi connectivity index (χ2n) is 3.84. The van der Waals surface area contributed by atoms with Gasteiger partial charge in [-0.1, -0.05) is 0 Å². The molecule has 2 N–H and O–H groups in total. The minimum Gasteiger partial charge on any atom is -0.384 e. The van der Waals surface area contributed by atoms with Gasteiger partial charge < -0.3 is 15.5 Å². The Balaban J connectivity index is 2.07. The molecule has 0 spiro atoms. The van der Waals surface area contributed by atoms with Crippen molar-refractivity contribution in [1.82, 2.24) is 9.88 Å². The van der Waals surface area contributed by atoms with Gasteiger partial charge in [0.15, 0.2) is 0 Å². The molecule has 0 saturated carbocycles. The predicted octanol–water partition coefficient (Wildman–Crippen LogP) is 0.332. The molecule has 1 aliphatic heterocycles. The van der Waals surface area contributed by atoms with Crippen LogP contribution < -0.4 is 10.6 Å². The number of nitrogens with two attached hydrogens (primary N) is 1. The van der Waals surface area contributed by atoms with Gasteiger partial charge in [-0.3, -0.25) is 4.79 Å². The Labute approximate surface area is 94.9 Å². The molecule has 2 rings (SSSR count). The van der Waals surface area contributed by atoms with Crippen LogP contribution in [0.4, 0.5) is 11.5 Å². The van der Waals surface area contributed by atoms with Gasteiger partial charge in [-0.2, -0.15) is 0 Å². The average Bonchev–Trinajstić information content (AvgIpc) is 2.30. The lowest BCUT2D eigenvalue weighted by atomic mass is 10.2. The molecular weight excluding hydrogens is 204 g/mol. The van der Waals surface area contributed by atoms with E-state index in [0.29, 0.717) is 12.4 Å². The van der Waals surface area contributed by atoms with E-state index in [1.165, 1.54) is 0 Å². The summed E-state index contributed by atoms with van der Waals surface area (Å²) in [5, 5.41) is 0. The lowest BCUT2D eigenvalue weighted by molar-refractivity contribution is -0.130. The van der Waals surface area contributed by atoms with Crippen molar-refractivity contribution in [1.29, 1.82) is 0 Å². The topological polar surface area (TPSA) is 62.5 Å². The smallest absolute Gasteiger partial charge is 0.242 e. The summed E-state index contributed by atoms with van der Waals surface area (Å²) in [6, 6.07) is 3.66. The van der Waals surface area contributed by atoms with Crippen LogP contribution in [0, 0.1) is 0 Å². The largest absolute Gasteiger partial charge is 0.384 e. The van der Waals surface area contributed by atoms with Crippen LogP contribution >= 0.6 is 0 Å². The van der Waals surface area contributed by atoms with Crippen LogP contribution in [0.5, 0.6) is 0 Å². The number of amides is 1. The summed E-state index contributed by atoms with van der Waals surface area (Å²) in [4.78, 5) is 19.6. The van der Waals surface area contributed by atoms with E-state index in [2.05, 4.69) is 4.98 Å². The van der Waals surface area contributed by atoms with Crippen molar-refractivity contribution in [3.63, 3.8) is 0 Å². The molecule has 2 heterocycles. The van der Waals surface area contributed by atoms with Gasteiger partial charge >= 0.3 is 0 Å². The zero-order chi connectivity index (χ0) is 11.5. The summed E-state index contributed by atoms with van der Waals surface area (Å²) in [5.41, 5.74) is 6.48. The molecule has 1 aromatic heterocycles. The van der Waals surface area contributed by atoms with E-state index in [0.717, 1.165) is 25.3 Å². The Morgan fingerprint density at radius 3 is 2.81 bits per heavy atom. The third kappa shape index (κ3) is 2.08. The second kappa shape index (κ2) is 4.38. The van der Waals surface area contributed by atoms with E-state index < -0.39 is 0 Å². The fourth-order valence-electron chi connectivity index (χ4n) is 1.85. The summed E-state index contributed by atoms with van der Waals surface area (Å²) in [7, 11) is 0. The molecule has 1 aliphatic rings. The minimum absolute atomic E-state index is 0.172. The first-order chi connectivity index (χ1) is 7.70. The maximum absolute atomic E-state index is 11.7. The van der Waals surface area contributed by atoms with Gasteiger partial charge in [0.25, 0.3) is 0 Å². The van der Waals surface area contributed by atoms with Gasteiger partial charge in [0.1, 0.15) is 5.82 Å². The van der Waals surface area contributed by atoms with Crippen LogP contribution in [-0.2, 0) is 4.79 Å². The summed E-state index contributed by atoms with van der Waals surface area (Å²) < 4.78 is 0. The van der Waals surface area contributed by atoms with Crippen LogP contribution in [-0.4, -0.2) is 42.0 Å². The van der Waals surface area contributed by atoms with Crippen molar-refractivity contribution < 1.29 is 4.79 Å². The number of likely N-dealkylation sites (N-methyl/N-ethyl adjacent to an activating group) is 1. The van der Waals surface area contributed by atoms with Crippen LogP contribution in [0.25, 0.3) is 0 Å². The molecule has 0 atom stereocenters. The number of carbonyl (C=O) groups is 1. The van der Waals surface area contributed by atoms with Crippen molar-refractivity contribution in [2.45, 2.75) is 6.92 Å². The van der Waals surface area contributed by atoms with E-state index in [1.807, 2.05) is 22.8 Å². The number of hydrogen-bond acceptors (Lipinski definition) is 4. The quantitative estimate of drug-likeness (QED) is 0.780. The molecule has 5 nitrogen and oxygen atoms in total. The highest BCUT2D eigenvalue weighted by Gasteiger charge is 2.22. The molecule has 1 amide bonds. The van der Waals surface area contributed by atoms with Gasteiger partial charge in [-0.15, -0.1) is 0 Å². The number of hydrogen-bond donors (Lipinski definition) is 1. The Morgan fingerprint density at radius 2 is 2.25 bits per heavy atom. The monoisotopic (exact) mass is 220 g/mol. The molecule has 0 radical (unpaired) electrons. The number of pyridine rings is 1. The zero-order valence-electron chi connectivity index (χ0n) is 9.39. The van der Waals surface area contributed by atoms with Gasteiger partial charge in [-0.05, 0) is 19.1 Å². The van der Waals surface area contributed by atoms with E-state index in [4.69, 9.17) is 5.73 Å². The lowest BCUT2D eigenvalue weighted by Crippen LogP contribution is -2.50. The number of piperazine rings is 1. The fourth-order valence-corrected chi connectivity index (χ4v) is 1.85. The first-order valence-electron chi connectivity index (χ1n) is 5.45. The van der Waals surface area contributed by atoms with Crippen molar-refractivity contribution in [2.75, 3.05) is 36.8 Å². The van der Waals surface area contributed by atoms with Gasteiger partial charge in [0, 0.05) is 19.6 Å². The SMILES string of the molecule is CCN1CCN(c2ccc(N)nc2)CC1=O. The molecule has 16 heavy (non-hydrogen) atoms. The molecule has 86 valence electrons. The van der Waals surface area contributed by atoms with Crippen LogP contribution in [0.2, 0.25) is 0 Å². The maximum atomic E-state index is 11.7. The predicted molar refractivity (Wildman–Crippen MR) is 63.1 cm³/mol. The Hall–Kier alpha value is -1.78. The molecule has 0 unspecified atom stereocenters. The first kappa shape index (κ1) is 10.7. The van der Waals surface area contributed by atoms with E-state index in [1.54, 1.807) is 12.3 Å². The highest BCUT2D eigenvalue weighted by molar-refractivity contribution is 5.82. The van der Waals surface area contributed by atoms with Gasteiger partial charge in [0.2, 0.25) is 5.91 Å².